The van der Waals surface area contributed by atoms with E-state index in [-0.39, 0.29) is 35.5 Å². The summed E-state index contributed by atoms with van der Waals surface area (Å²) in [6.45, 7) is 5.11. The van der Waals surface area contributed by atoms with Crippen molar-refractivity contribution >= 4 is 17.8 Å². The first-order valence-corrected chi connectivity index (χ1v) is 11.3. The Kier molecular flexibility index (Phi) is 6.70. The first-order chi connectivity index (χ1) is 15.1. The van der Waals surface area contributed by atoms with Crippen LogP contribution >= 0.6 is 0 Å². The molecule has 1 saturated carbocycles. The number of hydrogen-bond acceptors (Lipinski definition) is 4. The monoisotopic (exact) mass is 424 g/mol. The number of carbonyl (C=O) groups excluding carboxylic acids is 2. The van der Waals surface area contributed by atoms with Crippen molar-refractivity contribution in [2.75, 3.05) is 26.7 Å². The molecule has 1 saturated heterocycles. The van der Waals surface area contributed by atoms with Gasteiger partial charge in [0.15, 0.2) is 5.96 Å². The van der Waals surface area contributed by atoms with Gasteiger partial charge in [-0.05, 0) is 42.7 Å². The quantitative estimate of drug-likeness (QED) is 0.209. The van der Waals surface area contributed by atoms with Gasteiger partial charge in [0.05, 0.1) is 18.4 Å². The third-order valence-corrected chi connectivity index (χ3v) is 6.59. The van der Waals surface area contributed by atoms with Gasteiger partial charge in [-0.15, -0.1) is 0 Å². The summed E-state index contributed by atoms with van der Waals surface area (Å²) in [4.78, 5) is 31.2. The summed E-state index contributed by atoms with van der Waals surface area (Å²) in [5, 5.41) is 6.57. The molecule has 2 amide bonds. The van der Waals surface area contributed by atoms with Crippen molar-refractivity contribution in [2.45, 2.75) is 32.9 Å². The average molecular weight is 425 g/mol. The number of rotatable bonds is 9. The number of hydrogen-bond donors (Lipinski definition) is 2. The third kappa shape index (κ3) is 4.51. The number of amides is 2. The van der Waals surface area contributed by atoms with Crippen LogP contribution in [0.25, 0.3) is 0 Å². The number of nitrogens with zero attached hydrogens (tertiary/aromatic N) is 2. The van der Waals surface area contributed by atoms with E-state index in [1.54, 1.807) is 7.05 Å². The number of benzene rings is 1. The molecular weight excluding hydrogens is 392 g/mol. The number of allylic oxidation sites excluding steroid dienone is 2. The van der Waals surface area contributed by atoms with Gasteiger partial charge in [0.25, 0.3) is 0 Å². The number of likely N-dealkylation sites (tertiary alicyclic amines) is 1. The Morgan fingerprint density at radius 3 is 2.32 bits per heavy atom. The second-order valence-corrected chi connectivity index (χ2v) is 8.49. The van der Waals surface area contributed by atoms with E-state index < -0.39 is 0 Å². The average Bonchev–Trinajstić information content (AvgIpc) is 3.47. The summed E-state index contributed by atoms with van der Waals surface area (Å²) in [7, 11) is 1.73. The molecule has 0 radical (unpaired) electrons. The van der Waals surface area contributed by atoms with Crippen LogP contribution < -0.4 is 10.6 Å². The summed E-state index contributed by atoms with van der Waals surface area (Å²) in [5.74, 6) is 1.09. The number of guanidine groups is 1. The third-order valence-electron chi connectivity index (χ3n) is 6.59. The Bertz CT molecular complexity index is 834. The standard InChI is InChI=1S/C24H32N4O3/c1-3-31-15-17-7-5-16(6-8-17)14-27-24(25-2)26-11-4-12-28-22(29)20-18-9-10-19(13-18)21(20)23(28)30/h5-10,18-21H,3-4,11-15H2,1-2H3,(H2,25,26,27). The molecule has 0 spiro atoms. The Hall–Kier alpha value is -2.67. The van der Waals surface area contributed by atoms with E-state index in [4.69, 9.17) is 4.74 Å². The maximum absolute atomic E-state index is 12.7. The van der Waals surface area contributed by atoms with Crippen molar-refractivity contribution in [3.63, 3.8) is 0 Å². The van der Waals surface area contributed by atoms with Crippen LogP contribution in [-0.4, -0.2) is 49.4 Å². The van der Waals surface area contributed by atoms with E-state index in [1.165, 1.54) is 4.90 Å². The fourth-order valence-electron chi connectivity index (χ4n) is 5.01. The predicted molar refractivity (Wildman–Crippen MR) is 119 cm³/mol. The molecule has 2 fully saturated rings. The molecule has 2 bridgehead atoms. The summed E-state index contributed by atoms with van der Waals surface area (Å²) >= 11 is 0. The summed E-state index contributed by atoms with van der Waals surface area (Å²) in [6, 6.07) is 8.31. The van der Waals surface area contributed by atoms with E-state index in [0.29, 0.717) is 45.2 Å². The first-order valence-electron chi connectivity index (χ1n) is 11.3. The molecule has 2 N–H and O–H groups in total. The van der Waals surface area contributed by atoms with Crippen LogP contribution in [-0.2, 0) is 27.5 Å². The minimum absolute atomic E-state index is 0.0298. The van der Waals surface area contributed by atoms with Crippen molar-refractivity contribution in [3.05, 3.63) is 47.5 Å². The van der Waals surface area contributed by atoms with Crippen LogP contribution in [0.4, 0.5) is 0 Å². The highest BCUT2D eigenvalue weighted by atomic mass is 16.5. The number of aliphatic imine (C=N–C) groups is 1. The van der Waals surface area contributed by atoms with Gasteiger partial charge in [-0.1, -0.05) is 36.4 Å². The van der Waals surface area contributed by atoms with Crippen molar-refractivity contribution in [3.8, 4) is 0 Å². The lowest BCUT2D eigenvalue weighted by atomic mass is 9.85. The lowest BCUT2D eigenvalue weighted by Crippen LogP contribution is -2.39. The molecule has 7 nitrogen and oxygen atoms in total. The molecule has 2 aliphatic carbocycles. The molecule has 4 atom stereocenters. The van der Waals surface area contributed by atoms with Gasteiger partial charge in [-0.25, -0.2) is 0 Å². The Morgan fingerprint density at radius 2 is 1.71 bits per heavy atom. The second-order valence-electron chi connectivity index (χ2n) is 8.49. The summed E-state index contributed by atoms with van der Waals surface area (Å²) in [5.41, 5.74) is 2.32. The molecule has 1 heterocycles. The molecule has 0 aromatic heterocycles. The molecule has 1 aromatic rings. The van der Waals surface area contributed by atoms with Crippen LogP contribution in [0.5, 0.6) is 0 Å². The van der Waals surface area contributed by atoms with Crippen molar-refractivity contribution < 1.29 is 14.3 Å². The van der Waals surface area contributed by atoms with Gasteiger partial charge < -0.3 is 15.4 Å². The lowest BCUT2D eigenvalue weighted by Gasteiger charge is -2.18. The molecule has 166 valence electrons. The van der Waals surface area contributed by atoms with Crippen LogP contribution in [0, 0.1) is 23.7 Å². The molecule has 4 unspecified atom stereocenters. The Morgan fingerprint density at radius 1 is 1.06 bits per heavy atom. The maximum atomic E-state index is 12.7. The molecular formula is C24H32N4O3. The fraction of sp³-hybridized carbons (Fsp3) is 0.542. The molecule has 1 aliphatic heterocycles. The smallest absolute Gasteiger partial charge is 0.233 e. The van der Waals surface area contributed by atoms with Gasteiger partial charge in [-0.3, -0.25) is 19.5 Å². The molecule has 31 heavy (non-hydrogen) atoms. The summed E-state index contributed by atoms with van der Waals surface area (Å²) in [6.07, 6.45) is 5.93. The van der Waals surface area contributed by atoms with E-state index in [2.05, 4.69) is 52.0 Å². The lowest BCUT2D eigenvalue weighted by molar-refractivity contribution is -0.140. The maximum Gasteiger partial charge on any atom is 0.233 e. The largest absolute Gasteiger partial charge is 0.377 e. The van der Waals surface area contributed by atoms with Crippen LogP contribution in [0.15, 0.2) is 41.4 Å². The van der Waals surface area contributed by atoms with Crippen LogP contribution in [0.2, 0.25) is 0 Å². The number of imide groups is 1. The number of fused-ring (bicyclic) bond motifs is 5. The zero-order chi connectivity index (χ0) is 21.8. The zero-order valence-electron chi connectivity index (χ0n) is 18.3. The zero-order valence-corrected chi connectivity index (χ0v) is 18.3. The van der Waals surface area contributed by atoms with Gasteiger partial charge >= 0.3 is 0 Å². The first kappa shape index (κ1) is 21.6. The highest BCUT2D eigenvalue weighted by molar-refractivity contribution is 6.06. The topological polar surface area (TPSA) is 83.0 Å². The van der Waals surface area contributed by atoms with Crippen molar-refractivity contribution in [1.29, 1.82) is 0 Å². The molecule has 1 aromatic carbocycles. The van der Waals surface area contributed by atoms with E-state index in [1.807, 2.05) is 6.92 Å². The minimum atomic E-state index is -0.107. The van der Waals surface area contributed by atoms with E-state index in [0.717, 1.165) is 17.5 Å². The Balaban J connectivity index is 1.18. The highest BCUT2D eigenvalue weighted by Gasteiger charge is 2.58. The highest BCUT2D eigenvalue weighted by Crippen LogP contribution is 2.52. The minimum Gasteiger partial charge on any atom is -0.377 e. The van der Waals surface area contributed by atoms with Crippen LogP contribution in [0.3, 0.4) is 0 Å². The van der Waals surface area contributed by atoms with Crippen LogP contribution in [0.1, 0.15) is 30.9 Å². The normalized spacial score (nSPS) is 26.6. The Labute approximate surface area is 183 Å². The second kappa shape index (κ2) is 9.64. The van der Waals surface area contributed by atoms with E-state index in [9.17, 15) is 9.59 Å². The van der Waals surface area contributed by atoms with Gasteiger partial charge in [0, 0.05) is 33.3 Å². The number of carbonyl (C=O) groups is 2. The SMILES string of the molecule is CCOCc1ccc(CNC(=NC)NCCCN2C(=O)C3C4C=CC(C4)C3C2=O)cc1. The number of nitrogens with one attached hydrogen (secondary N) is 2. The fourth-order valence-corrected chi connectivity index (χ4v) is 5.01. The van der Waals surface area contributed by atoms with Crippen molar-refractivity contribution in [2.24, 2.45) is 28.7 Å². The van der Waals surface area contributed by atoms with Gasteiger partial charge in [0.2, 0.25) is 11.8 Å². The van der Waals surface area contributed by atoms with E-state index >= 15 is 0 Å². The summed E-state index contributed by atoms with van der Waals surface area (Å²) < 4.78 is 5.42. The molecule has 4 rings (SSSR count). The van der Waals surface area contributed by atoms with Gasteiger partial charge in [0.1, 0.15) is 0 Å². The molecule has 7 heteroatoms. The number of ether oxygens (including phenoxy) is 1. The van der Waals surface area contributed by atoms with Gasteiger partial charge in [-0.2, -0.15) is 0 Å². The molecule has 3 aliphatic rings. The predicted octanol–water partition coefficient (Wildman–Crippen LogP) is 2.09. The van der Waals surface area contributed by atoms with Crippen molar-refractivity contribution in [1.82, 2.24) is 15.5 Å².